The number of benzene rings is 2. The van der Waals surface area contributed by atoms with Crippen LogP contribution < -0.4 is 20.7 Å². The third kappa shape index (κ3) is 3.52. The molecular formula is C27H29N5O2. The third-order valence-corrected chi connectivity index (χ3v) is 7.13. The molecule has 2 aromatic carbocycles. The number of rotatable bonds is 5. The highest BCUT2D eigenvalue weighted by atomic mass is 16.5. The summed E-state index contributed by atoms with van der Waals surface area (Å²) in [5.41, 5.74) is 11.0. The van der Waals surface area contributed by atoms with E-state index in [4.69, 9.17) is 24.9 Å². The summed E-state index contributed by atoms with van der Waals surface area (Å²) in [5, 5.41) is 4.16. The molecule has 2 aliphatic rings. The van der Waals surface area contributed by atoms with Crippen LogP contribution in [0.3, 0.4) is 0 Å². The number of fused-ring (bicyclic) bond motifs is 1. The van der Waals surface area contributed by atoms with Crippen molar-refractivity contribution in [3.8, 4) is 28.3 Å². The number of ether oxygens (including phenoxy) is 1. The van der Waals surface area contributed by atoms with E-state index in [0.29, 0.717) is 17.5 Å². The molecule has 0 spiro atoms. The molecule has 0 unspecified atom stereocenters. The van der Waals surface area contributed by atoms with Crippen LogP contribution in [0.5, 0.6) is 5.88 Å². The van der Waals surface area contributed by atoms with Crippen molar-refractivity contribution in [3.05, 3.63) is 60.2 Å². The van der Waals surface area contributed by atoms with Gasteiger partial charge in [-0.2, -0.15) is 9.97 Å². The monoisotopic (exact) mass is 455 g/mol. The van der Waals surface area contributed by atoms with Crippen LogP contribution in [0.25, 0.3) is 33.6 Å². The molecule has 174 valence electrons. The molecule has 2 aromatic heterocycles. The summed E-state index contributed by atoms with van der Waals surface area (Å²) in [4.78, 5) is 11.8. The molecule has 7 nitrogen and oxygen atoms in total. The molecule has 0 atom stereocenters. The lowest BCUT2D eigenvalue weighted by atomic mass is 9.72. The zero-order chi connectivity index (χ0) is 23.1. The average molecular weight is 456 g/mol. The normalized spacial score (nSPS) is 17.5. The van der Waals surface area contributed by atoms with Gasteiger partial charge in [-0.3, -0.25) is 0 Å². The second kappa shape index (κ2) is 8.42. The second-order valence-electron chi connectivity index (χ2n) is 9.21. The molecule has 0 radical (unpaired) electrons. The van der Waals surface area contributed by atoms with Gasteiger partial charge in [-0.05, 0) is 30.4 Å². The number of nitrogens with zero attached hydrogens (tertiary/aromatic N) is 3. The smallest absolute Gasteiger partial charge is 0.236 e. The molecule has 1 saturated heterocycles. The van der Waals surface area contributed by atoms with Gasteiger partial charge in [-0.1, -0.05) is 54.6 Å². The molecule has 1 aliphatic heterocycles. The molecule has 0 amide bonds. The van der Waals surface area contributed by atoms with Crippen LogP contribution in [-0.4, -0.2) is 43.3 Å². The predicted molar refractivity (Wildman–Crippen MR) is 134 cm³/mol. The number of hydrogen-bond acceptors (Lipinski definition) is 7. The van der Waals surface area contributed by atoms with Gasteiger partial charge in [-0.25, -0.2) is 0 Å². The molecule has 4 aromatic rings. The Morgan fingerprint density at radius 2 is 1.71 bits per heavy atom. The van der Waals surface area contributed by atoms with E-state index in [1.165, 1.54) is 12.0 Å². The lowest BCUT2D eigenvalue weighted by molar-refractivity contribution is 0.253. The van der Waals surface area contributed by atoms with E-state index in [0.717, 1.165) is 66.9 Å². The Balaban J connectivity index is 1.53. The van der Waals surface area contributed by atoms with E-state index < -0.39 is 0 Å². The highest BCUT2D eigenvalue weighted by Crippen LogP contribution is 2.45. The average Bonchev–Trinajstić information content (AvgIpc) is 3.27. The third-order valence-electron chi connectivity index (χ3n) is 7.13. The van der Waals surface area contributed by atoms with E-state index >= 15 is 0 Å². The largest absolute Gasteiger partial charge is 0.480 e. The number of hydrogen-bond donors (Lipinski definition) is 2. The van der Waals surface area contributed by atoms with Crippen molar-refractivity contribution in [2.24, 2.45) is 5.73 Å². The van der Waals surface area contributed by atoms with Crippen molar-refractivity contribution in [3.63, 3.8) is 0 Å². The zero-order valence-corrected chi connectivity index (χ0v) is 19.4. The second-order valence-corrected chi connectivity index (χ2v) is 9.21. The van der Waals surface area contributed by atoms with Crippen molar-refractivity contribution in [2.75, 3.05) is 38.2 Å². The Bertz CT molecular complexity index is 1310. The zero-order valence-electron chi connectivity index (χ0n) is 19.4. The van der Waals surface area contributed by atoms with Gasteiger partial charge in [0, 0.05) is 42.8 Å². The summed E-state index contributed by atoms with van der Waals surface area (Å²) in [5.74, 6) is 1.92. The van der Waals surface area contributed by atoms with E-state index in [1.54, 1.807) is 7.11 Å². The molecule has 2 fully saturated rings. The fourth-order valence-corrected chi connectivity index (χ4v) is 5.00. The molecule has 3 N–H and O–H groups in total. The number of aromatic nitrogens is 2. The lowest BCUT2D eigenvalue weighted by Crippen LogP contribution is -2.44. The minimum atomic E-state index is -0.193. The fraction of sp³-hybridized carbons (Fsp3) is 0.333. The molecule has 3 heterocycles. The molecule has 34 heavy (non-hydrogen) atoms. The summed E-state index contributed by atoms with van der Waals surface area (Å²) < 4.78 is 12.3. The number of piperazine rings is 1. The minimum Gasteiger partial charge on any atom is -0.480 e. The van der Waals surface area contributed by atoms with Crippen LogP contribution in [0, 0.1) is 0 Å². The first-order chi connectivity index (χ1) is 16.7. The van der Waals surface area contributed by atoms with Crippen molar-refractivity contribution >= 4 is 17.0 Å². The van der Waals surface area contributed by atoms with Crippen molar-refractivity contribution in [1.29, 1.82) is 0 Å². The Hall–Kier alpha value is -3.42. The summed E-state index contributed by atoms with van der Waals surface area (Å²) in [6.45, 7) is 3.49. The summed E-state index contributed by atoms with van der Waals surface area (Å²) in [6.07, 6.45) is 3.26. The maximum Gasteiger partial charge on any atom is 0.236 e. The lowest BCUT2D eigenvalue weighted by Gasteiger charge is -2.38. The summed E-state index contributed by atoms with van der Waals surface area (Å²) in [6, 6.07) is 18.7. The molecule has 1 saturated carbocycles. The van der Waals surface area contributed by atoms with Gasteiger partial charge in [0.15, 0.2) is 0 Å². The molecular weight excluding hydrogens is 426 g/mol. The van der Waals surface area contributed by atoms with Crippen LogP contribution in [0.1, 0.15) is 24.8 Å². The van der Waals surface area contributed by atoms with Crippen LogP contribution in [0.2, 0.25) is 0 Å². The van der Waals surface area contributed by atoms with Crippen LogP contribution in [0.15, 0.2) is 59.0 Å². The molecule has 6 rings (SSSR count). The first kappa shape index (κ1) is 21.1. The number of anilines is 1. The SMILES string of the molecule is COc1nc(N2CCNCC2)nc2oc(-c3ccc(C4(N)CCC4)cc3)c(-c3ccccc3)c12. The molecule has 7 heteroatoms. The van der Waals surface area contributed by atoms with E-state index in [2.05, 4.69) is 46.6 Å². The Kier molecular flexibility index (Phi) is 5.23. The highest BCUT2D eigenvalue weighted by Gasteiger charge is 2.34. The van der Waals surface area contributed by atoms with Crippen molar-refractivity contribution < 1.29 is 9.15 Å². The molecule has 0 bridgehead atoms. The van der Waals surface area contributed by atoms with Gasteiger partial charge < -0.3 is 25.1 Å². The van der Waals surface area contributed by atoms with Gasteiger partial charge in [0.2, 0.25) is 17.5 Å². The summed E-state index contributed by atoms with van der Waals surface area (Å²) >= 11 is 0. The van der Waals surface area contributed by atoms with Crippen molar-refractivity contribution in [1.82, 2.24) is 15.3 Å². The first-order valence-corrected chi connectivity index (χ1v) is 12.0. The van der Waals surface area contributed by atoms with Gasteiger partial charge in [0.05, 0.1) is 7.11 Å². The quantitative estimate of drug-likeness (QED) is 0.463. The van der Waals surface area contributed by atoms with Gasteiger partial charge in [0.25, 0.3) is 0 Å². The Morgan fingerprint density at radius 1 is 0.971 bits per heavy atom. The highest BCUT2D eigenvalue weighted by molar-refractivity contribution is 6.03. The number of methoxy groups -OCH3 is 1. The fourth-order valence-electron chi connectivity index (χ4n) is 5.00. The number of furan rings is 1. The number of nitrogens with one attached hydrogen (secondary N) is 1. The minimum absolute atomic E-state index is 0.193. The van der Waals surface area contributed by atoms with Gasteiger partial charge in [0.1, 0.15) is 11.1 Å². The Morgan fingerprint density at radius 3 is 2.35 bits per heavy atom. The Labute approximate surface area is 198 Å². The van der Waals surface area contributed by atoms with E-state index in [1.807, 2.05) is 18.2 Å². The van der Waals surface area contributed by atoms with Crippen LogP contribution >= 0.6 is 0 Å². The van der Waals surface area contributed by atoms with Crippen LogP contribution in [-0.2, 0) is 5.54 Å². The topological polar surface area (TPSA) is 89.4 Å². The predicted octanol–water partition coefficient (Wildman–Crippen LogP) is 4.31. The van der Waals surface area contributed by atoms with Gasteiger partial charge >= 0.3 is 0 Å². The van der Waals surface area contributed by atoms with E-state index in [9.17, 15) is 0 Å². The van der Waals surface area contributed by atoms with Gasteiger partial charge in [-0.15, -0.1) is 0 Å². The van der Waals surface area contributed by atoms with Crippen molar-refractivity contribution in [2.45, 2.75) is 24.8 Å². The summed E-state index contributed by atoms with van der Waals surface area (Å²) in [7, 11) is 1.65. The maximum atomic E-state index is 6.55. The maximum absolute atomic E-state index is 6.55. The molecule has 1 aliphatic carbocycles. The van der Waals surface area contributed by atoms with Crippen LogP contribution in [0.4, 0.5) is 5.95 Å². The van der Waals surface area contributed by atoms with E-state index in [-0.39, 0.29) is 5.54 Å². The number of nitrogens with two attached hydrogens (primary N) is 1. The first-order valence-electron chi connectivity index (χ1n) is 12.0. The standard InChI is InChI=1S/C27H29N5O2/c1-33-24-22-21(18-6-3-2-4-7-18)23(19-8-10-20(11-9-19)27(28)12-5-13-27)34-25(22)31-26(30-24)32-16-14-29-15-17-32/h2-4,6-11,29H,5,12-17,28H2,1H3.